The maximum Gasteiger partial charge on any atom is 0.254 e. The Morgan fingerprint density at radius 3 is 2.59 bits per heavy atom. The third-order valence-electron chi connectivity index (χ3n) is 11.6. The highest BCUT2D eigenvalue weighted by Crippen LogP contribution is 2.34. The highest BCUT2D eigenvalue weighted by molar-refractivity contribution is 5.99. The number of anilines is 1. The Hall–Kier alpha value is -5.61. The third-order valence-corrected chi connectivity index (χ3v) is 11.6. The summed E-state index contributed by atoms with van der Waals surface area (Å²) in [7, 11) is 0. The van der Waals surface area contributed by atoms with Gasteiger partial charge in [0.15, 0.2) is 5.65 Å². The number of primary amides is 1. The third kappa shape index (κ3) is 7.62. The molecule has 3 aliphatic heterocycles. The zero-order valence-corrected chi connectivity index (χ0v) is 32.1. The molecular formula is C44H49N9O3. The molecule has 0 unspecified atom stereocenters. The highest BCUT2D eigenvalue weighted by atomic mass is 16.5. The number of rotatable bonds is 13. The molecule has 2 atom stereocenters. The van der Waals surface area contributed by atoms with Gasteiger partial charge in [0.2, 0.25) is 5.91 Å². The second kappa shape index (κ2) is 16.2. The number of hydrogen-bond donors (Lipinski definition) is 3. The van der Waals surface area contributed by atoms with Crippen molar-refractivity contribution < 1.29 is 14.3 Å². The number of hydrogen-bond acceptors (Lipinski definition) is 9. The minimum absolute atomic E-state index is 0.188. The van der Waals surface area contributed by atoms with Crippen LogP contribution in [0.5, 0.6) is 0 Å². The molecule has 0 saturated carbocycles. The van der Waals surface area contributed by atoms with E-state index in [1.54, 1.807) is 29.2 Å². The van der Waals surface area contributed by atoms with E-state index in [1.165, 1.54) is 12.0 Å². The van der Waals surface area contributed by atoms with E-state index >= 15 is 0 Å². The van der Waals surface area contributed by atoms with Crippen molar-refractivity contribution in [3.63, 3.8) is 0 Å². The number of carbonyl (C=O) groups is 2. The number of fused-ring (bicyclic) bond motifs is 3. The van der Waals surface area contributed by atoms with Gasteiger partial charge in [-0.25, -0.2) is 9.67 Å². The van der Waals surface area contributed by atoms with Crippen molar-refractivity contribution >= 4 is 28.5 Å². The van der Waals surface area contributed by atoms with E-state index in [0.29, 0.717) is 49.4 Å². The molecule has 4 N–H and O–H groups in total. The summed E-state index contributed by atoms with van der Waals surface area (Å²) in [4.78, 5) is 36.4. The zero-order valence-electron chi connectivity index (χ0n) is 32.1. The Kier molecular flexibility index (Phi) is 10.8. The molecule has 2 aromatic heterocycles. The molecule has 12 nitrogen and oxygen atoms in total. The molecule has 0 aliphatic carbocycles. The lowest BCUT2D eigenvalue weighted by molar-refractivity contribution is 0.0730. The summed E-state index contributed by atoms with van der Waals surface area (Å²) in [6.07, 6.45) is 5.43. The molecule has 3 fully saturated rings. The van der Waals surface area contributed by atoms with E-state index in [0.717, 1.165) is 77.1 Å². The number of piperazine rings is 1. The van der Waals surface area contributed by atoms with Gasteiger partial charge in [0.05, 0.1) is 35.4 Å². The second-order valence-corrected chi connectivity index (χ2v) is 15.2. The fourth-order valence-corrected chi connectivity index (χ4v) is 8.62. The SMILES string of the molecule is CCc1nc2c(cnn2CC)c(NC2CCOCC2)c1CN(Cc1ccc(C#N)c(-c2cccc(CN3C[C@@H]4C[C@@H]3CN4)c2)c1)C(=O)c1cccc(C(N)=O)c1. The molecule has 56 heavy (non-hydrogen) atoms. The summed E-state index contributed by atoms with van der Waals surface area (Å²) in [5.74, 6) is -0.850. The normalized spacial score (nSPS) is 18.3. The molecule has 8 rings (SSSR count). The lowest BCUT2D eigenvalue weighted by Crippen LogP contribution is -2.42. The molecular weight excluding hydrogens is 703 g/mol. The Morgan fingerprint density at radius 2 is 1.86 bits per heavy atom. The minimum atomic E-state index is -0.599. The lowest BCUT2D eigenvalue weighted by Gasteiger charge is -2.29. The number of nitrogens with two attached hydrogens (primary N) is 1. The van der Waals surface area contributed by atoms with E-state index in [4.69, 9.17) is 15.5 Å². The zero-order chi connectivity index (χ0) is 38.8. The summed E-state index contributed by atoms with van der Waals surface area (Å²) < 4.78 is 7.59. The average Bonchev–Trinajstić information content (AvgIpc) is 3.98. The largest absolute Gasteiger partial charge is 0.381 e. The predicted octanol–water partition coefficient (Wildman–Crippen LogP) is 5.63. The number of benzene rings is 3. The van der Waals surface area contributed by atoms with Crippen molar-refractivity contribution in [1.82, 2.24) is 29.9 Å². The van der Waals surface area contributed by atoms with Crippen molar-refractivity contribution in [3.8, 4) is 17.2 Å². The van der Waals surface area contributed by atoms with Crippen LogP contribution >= 0.6 is 0 Å². The first-order valence-electron chi connectivity index (χ1n) is 19.8. The van der Waals surface area contributed by atoms with Crippen LogP contribution in [-0.2, 0) is 37.3 Å². The quantitative estimate of drug-likeness (QED) is 0.139. The molecule has 3 aromatic carbocycles. The number of nitrogens with one attached hydrogen (secondary N) is 2. The fourth-order valence-electron chi connectivity index (χ4n) is 8.62. The van der Waals surface area contributed by atoms with E-state index in [-0.39, 0.29) is 30.6 Å². The number of nitriles is 1. The Morgan fingerprint density at radius 1 is 1.04 bits per heavy atom. The van der Waals surface area contributed by atoms with Crippen LogP contribution in [0.25, 0.3) is 22.2 Å². The lowest BCUT2D eigenvalue weighted by atomic mass is 9.96. The van der Waals surface area contributed by atoms with Gasteiger partial charge in [-0.15, -0.1) is 0 Å². The summed E-state index contributed by atoms with van der Waals surface area (Å²) in [5.41, 5.74) is 14.3. The van der Waals surface area contributed by atoms with Gasteiger partial charge in [0, 0.05) is 86.4 Å². The maximum absolute atomic E-state index is 14.7. The number of nitrogens with zero attached hydrogens (tertiary/aromatic N) is 6. The number of likely N-dealkylation sites (tertiary alicyclic amines) is 1. The summed E-state index contributed by atoms with van der Waals surface area (Å²) in [5, 5.41) is 23.3. The van der Waals surface area contributed by atoms with E-state index < -0.39 is 5.91 Å². The summed E-state index contributed by atoms with van der Waals surface area (Å²) in [6, 6.07) is 24.6. The van der Waals surface area contributed by atoms with E-state index in [1.807, 2.05) is 29.1 Å². The Labute approximate surface area is 327 Å². The van der Waals surface area contributed by atoms with Gasteiger partial charge in [0.1, 0.15) is 0 Å². The first-order valence-corrected chi connectivity index (χ1v) is 19.8. The van der Waals surface area contributed by atoms with Gasteiger partial charge in [-0.2, -0.15) is 10.4 Å². The topological polar surface area (TPSA) is 154 Å². The van der Waals surface area contributed by atoms with Gasteiger partial charge in [-0.3, -0.25) is 14.5 Å². The molecule has 3 saturated heterocycles. The van der Waals surface area contributed by atoms with Crippen LogP contribution in [0.4, 0.5) is 5.69 Å². The summed E-state index contributed by atoms with van der Waals surface area (Å²) in [6.45, 7) is 9.60. The van der Waals surface area contributed by atoms with Crippen molar-refractivity contribution in [2.75, 3.05) is 31.6 Å². The van der Waals surface area contributed by atoms with Gasteiger partial charge in [0.25, 0.3) is 5.91 Å². The van der Waals surface area contributed by atoms with E-state index in [2.05, 4.69) is 64.8 Å². The molecule has 12 heteroatoms. The first kappa shape index (κ1) is 37.3. The number of amides is 2. The molecule has 0 spiro atoms. The van der Waals surface area contributed by atoms with Crippen molar-refractivity contribution in [1.29, 1.82) is 5.26 Å². The molecule has 0 radical (unpaired) electrons. The molecule has 2 bridgehead atoms. The molecule has 3 aliphatic rings. The van der Waals surface area contributed by atoms with Crippen LogP contribution < -0.4 is 16.4 Å². The Balaban J connectivity index is 1.18. The number of aromatic nitrogens is 3. The van der Waals surface area contributed by atoms with Crippen molar-refractivity contribution in [2.45, 2.75) is 83.8 Å². The molecule has 5 heterocycles. The van der Waals surface area contributed by atoms with Crippen molar-refractivity contribution in [3.05, 3.63) is 112 Å². The standard InChI is InChI=1S/C44H49N9O3/c1-3-40-39(41(49-34-13-15-56-16-14-34)38-23-48-53(4-2)43(38)50-40)27-52(44(55)32-10-6-9-31(19-32)42(46)54)25-29-11-12-33(21-45)37(18-29)30-8-5-7-28(17-30)24-51-26-35-20-36(51)22-47-35/h5-12,17-19,23,34-36,47H,3-4,13-16,20,22,24-27H2,1-2H3,(H2,46,54)(H,49,50)/t35-,36+/m0/s1. The van der Waals surface area contributed by atoms with Gasteiger partial charge >= 0.3 is 0 Å². The van der Waals surface area contributed by atoms with Gasteiger partial charge in [-0.1, -0.05) is 37.3 Å². The van der Waals surface area contributed by atoms with Crippen LogP contribution in [0.2, 0.25) is 0 Å². The fraction of sp³-hybridized carbons (Fsp3) is 0.386. The molecule has 5 aromatic rings. The minimum Gasteiger partial charge on any atom is -0.381 e. The number of aryl methyl sites for hydroxylation is 2. The van der Waals surface area contributed by atoms with Gasteiger partial charge in [-0.05, 0) is 91.3 Å². The number of pyridine rings is 1. The second-order valence-electron chi connectivity index (χ2n) is 15.2. The van der Waals surface area contributed by atoms with Crippen LogP contribution in [0.1, 0.15) is 81.8 Å². The smallest absolute Gasteiger partial charge is 0.254 e. The average molecular weight is 752 g/mol. The van der Waals surface area contributed by atoms with E-state index in [9.17, 15) is 14.9 Å². The first-order chi connectivity index (χ1) is 27.3. The number of ether oxygens (including phenoxy) is 1. The van der Waals surface area contributed by atoms with Crippen molar-refractivity contribution in [2.24, 2.45) is 5.73 Å². The highest BCUT2D eigenvalue weighted by Gasteiger charge is 2.37. The van der Waals surface area contributed by atoms with Gasteiger partial charge < -0.3 is 26.0 Å². The monoisotopic (exact) mass is 751 g/mol. The summed E-state index contributed by atoms with van der Waals surface area (Å²) >= 11 is 0. The predicted molar refractivity (Wildman–Crippen MR) is 216 cm³/mol. The van der Waals surface area contributed by atoms with Crippen LogP contribution in [0.3, 0.4) is 0 Å². The van der Waals surface area contributed by atoms with Crippen LogP contribution in [0, 0.1) is 11.3 Å². The maximum atomic E-state index is 14.7. The van der Waals surface area contributed by atoms with Crippen LogP contribution in [0.15, 0.2) is 72.9 Å². The molecule has 288 valence electrons. The van der Waals surface area contributed by atoms with Crippen LogP contribution in [-0.4, -0.2) is 80.8 Å². The molecule has 2 amide bonds. The Bertz CT molecular complexity index is 2310. The number of carbonyl (C=O) groups excluding carboxylic acids is 2.